The van der Waals surface area contributed by atoms with Crippen LogP contribution in [0.1, 0.15) is 44.9 Å². The fourth-order valence-electron chi connectivity index (χ4n) is 2.60. The number of ether oxygens (including phenoxy) is 1. The van der Waals surface area contributed by atoms with Crippen molar-refractivity contribution in [3.8, 4) is 0 Å². The second-order valence-electron chi connectivity index (χ2n) is 5.70. The van der Waals surface area contributed by atoms with Gasteiger partial charge in [0.15, 0.2) is 0 Å². The molecule has 0 saturated heterocycles. The molecule has 1 saturated carbocycles. The van der Waals surface area contributed by atoms with Crippen LogP contribution in [0.25, 0.3) is 0 Å². The van der Waals surface area contributed by atoms with E-state index in [0.717, 1.165) is 31.9 Å². The maximum Gasteiger partial charge on any atom is 0.235 e. The highest BCUT2D eigenvalue weighted by molar-refractivity contribution is 7.88. The molecule has 0 unspecified atom stereocenters. The van der Waals surface area contributed by atoms with E-state index in [1.54, 1.807) is 7.11 Å². The molecule has 0 aromatic carbocycles. The van der Waals surface area contributed by atoms with E-state index in [1.165, 1.54) is 17.1 Å². The lowest BCUT2D eigenvalue weighted by molar-refractivity contribution is -0.122. The van der Waals surface area contributed by atoms with Crippen LogP contribution in [0.2, 0.25) is 0 Å². The molecule has 1 fully saturated rings. The summed E-state index contributed by atoms with van der Waals surface area (Å²) in [5.41, 5.74) is 0. The number of hydrogen-bond donors (Lipinski definition) is 1. The molecule has 0 atom stereocenters. The van der Waals surface area contributed by atoms with Gasteiger partial charge in [-0.2, -0.15) is 4.31 Å². The number of hydrogen-bond acceptors (Lipinski definition) is 4. The number of nitrogens with one attached hydrogen (secondary N) is 1. The van der Waals surface area contributed by atoms with Crippen molar-refractivity contribution in [2.24, 2.45) is 0 Å². The zero-order chi connectivity index (χ0) is 15.7. The summed E-state index contributed by atoms with van der Waals surface area (Å²) in [6.07, 6.45) is 8.42. The van der Waals surface area contributed by atoms with Gasteiger partial charge in [0.05, 0.1) is 12.8 Å². The minimum Gasteiger partial charge on any atom is -0.385 e. The normalized spacial score (nSPS) is 17.7. The number of carbonyl (C=O) groups excluding carboxylic acids is 1. The van der Waals surface area contributed by atoms with Crippen LogP contribution in [0.15, 0.2) is 0 Å². The lowest BCUT2D eigenvalue weighted by atomic mass is 10.1. The Morgan fingerprint density at radius 1 is 1.24 bits per heavy atom. The fraction of sp³-hybridized carbons (Fsp3) is 0.929. The van der Waals surface area contributed by atoms with Gasteiger partial charge in [-0.05, 0) is 19.3 Å². The lowest BCUT2D eigenvalue weighted by Gasteiger charge is -2.22. The maximum atomic E-state index is 12.1. The highest BCUT2D eigenvalue weighted by Gasteiger charge is 2.21. The van der Waals surface area contributed by atoms with Crippen molar-refractivity contribution < 1.29 is 17.9 Å². The van der Waals surface area contributed by atoms with Gasteiger partial charge >= 0.3 is 0 Å². The van der Waals surface area contributed by atoms with Gasteiger partial charge in [0.2, 0.25) is 15.9 Å². The van der Waals surface area contributed by atoms with Crippen LogP contribution in [0, 0.1) is 0 Å². The largest absolute Gasteiger partial charge is 0.385 e. The molecule has 0 heterocycles. The molecule has 0 bridgehead atoms. The molecule has 7 heteroatoms. The predicted octanol–water partition coefficient (Wildman–Crippen LogP) is 1.12. The number of methoxy groups -OCH3 is 1. The SMILES string of the molecule is COCCCN(CC(=O)NC1CCCCCC1)S(C)(=O)=O. The molecular formula is C14H28N2O4S. The maximum absolute atomic E-state index is 12.1. The van der Waals surface area contributed by atoms with Crippen LogP contribution >= 0.6 is 0 Å². The monoisotopic (exact) mass is 320 g/mol. The summed E-state index contributed by atoms with van der Waals surface area (Å²) in [5.74, 6) is -0.204. The van der Waals surface area contributed by atoms with Gasteiger partial charge in [-0.1, -0.05) is 25.7 Å². The molecule has 0 aromatic rings. The average molecular weight is 320 g/mol. The summed E-state index contributed by atoms with van der Waals surface area (Å²) in [4.78, 5) is 12.1. The number of carbonyl (C=O) groups is 1. The number of amides is 1. The molecule has 21 heavy (non-hydrogen) atoms. The van der Waals surface area contributed by atoms with Gasteiger partial charge in [-0.15, -0.1) is 0 Å². The van der Waals surface area contributed by atoms with Gasteiger partial charge in [0.1, 0.15) is 0 Å². The van der Waals surface area contributed by atoms with Gasteiger partial charge in [-0.25, -0.2) is 8.42 Å². The van der Waals surface area contributed by atoms with E-state index in [1.807, 2.05) is 0 Å². The Bertz CT molecular complexity index is 403. The third kappa shape index (κ3) is 7.78. The van der Waals surface area contributed by atoms with E-state index < -0.39 is 10.0 Å². The average Bonchev–Trinajstić information content (AvgIpc) is 2.65. The molecule has 6 nitrogen and oxygen atoms in total. The second kappa shape index (κ2) is 9.38. The molecule has 1 N–H and O–H groups in total. The van der Waals surface area contributed by atoms with E-state index >= 15 is 0 Å². The predicted molar refractivity (Wildman–Crippen MR) is 82.5 cm³/mol. The first-order valence-electron chi connectivity index (χ1n) is 7.67. The van der Waals surface area contributed by atoms with Crippen LogP contribution in [0.3, 0.4) is 0 Å². The van der Waals surface area contributed by atoms with Crippen molar-refractivity contribution in [2.75, 3.05) is 33.1 Å². The van der Waals surface area contributed by atoms with Crippen molar-refractivity contribution in [3.05, 3.63) is 0 Å². The van der Waals surface area contributed by atoms with Gasteiger partial charge in [0, 0.05) is 26.3 Å². The summed E-state index contributed by atoms with van der Waals surface area (Å²) in [7, 11) is -1.80. The molecule has 0 spiro atoms. The van der Waals surface area contributed by atoms with E-state index in [0.29, 0.717) is 19.6 Å². The Hall–Kier alpha value is -0.660. The Morgan fingerprint density at radius 2 is 1.86 bits per heavy atom. The molecule has 124 valence electrons. The highest BCUT2D eigenvalue weighted by Crippen LogP contribution is 2.17. The topological polar surface area (TPSA) is 75.7 Å². The Morgan fingerprint density at radius 3 is 2.38 bits per heavy atom. The standard InChI is InChI=1S/C14H28N2O4S/c1-20-11-7-10-16(21(2,18)19)12-14(17)15-13-8-5-3-4-6-9-13/h13H,3-12H2,1-2H3,(H,15,17). The first kappa shape index (κ1) is 18.4. The minimum absolute atomic E-state index is 0.0982. The van der Waals surface area contributed by atoms with Crippen molar-refractivity contribution >= 4 is 15.9 Å². The van der Waals surface area contributed by atoms with E-state index in [2.05, 4.69) is 5.32 Å². The Labute approximate surface area is 128 Å². The zero-order valence-corrected chi connectivity index (χ0v) is 14.0. The molecule has 1 rings (SSSR count). The van der Waals surface area contributed by atoms with Crippen molar-refractivity contribution in [2.45, 2.75) is 51.0 Å². The second-order valence-corrected chi connectivity index (χ2v) is 7.68. The highest BCUT2D eigenvalue weighted by atomic mass is 32.2. The summed E-state index contributed by atoms with van der Waals surface area (Å²) in [6.45, 7) is 0.695. The first-order chi connectivity index (χ1) is 9.93. The molecule has 1 aliphatic rings. The summed E-state index contributed by atoms with van der Waals surface area (Å²) in [5, 5.41) is 2.98. The summed E-state index contributed by atoms with van der Waals surface area (Å²) in [6, 6.07) is 0.195. The fourth-order valence-corrected chi connectivity index (χ4v) is 3.42. The lowest BCUT2D eigenvalue weighted by Crippen LogP contribution is -2.44. The molecule has 0 radical (unpaired) electrons. The molecule has 0 aromatic heterocycles. The summed E-state index contributed by atoms with van der Waals surface area (Å²) >= 11 is 0. The van der Waals surface area contributed by atoms with E-state index in [-0.39, 0.29) is 18.5 Å². The van der Waals surface area contributed by atoms with Gasteiger partial charge in [-0.3, -0.25) is 4.79 Å². The third-order valence-corrected chi connectivity index (χ3v) is 5.01. The van der Waals surface area contributed by atoms with Crippen LogP contribution in [0.4, 0.5) is 0 Å². The molecule has 1 amide bonds. The van der Waals surface area contributed by atoms with Crippen LogP contribution in [-0.4, -0.2) is 57.7 Å². The quantitative estimate of drug-likeness (QED) is 0.537. The van der Waals surface area contributed by atoms with Gasteiger partial charge < -0.3 is 10.1 Å². The van der Waals surface area contributed by atoms with E-state index in [9.17, 15) is 13.2 Å². The van der Waals surface area contributed by atoms with Crippen LogP contribution in [-0.2, 0) is 19.6 Å². The van der Waals surface area contributed by atoms with Crippen LogP contribution in [0.5, 0.6) is 0 Å². The van der Waals surface area contributed by atoms with Crippen molar-refractivity contribution in [1.29, 1.82) is 0 Å². The Balaban J connectivity index is 2.46. The minimum atomic E-state index is -3.37. The first-order valence-corrected chi connectivity index (χ1v) is 9.51. The zero-order valence-electron chi connectivity index (χ0n) is 13.1. The summed E-state index contributed by atoms with van der Waals surface area (Å²) < 4.78 is 29.6. The third-order valence-electron chi connectivity index (χ3n) is 3.77. The Kier molecular flexibility index (Phi) is 8.21. The molecule has 1 aliphatic carbocycles. The van der Waals surface area contributed by atoms with Gasteiger partial charge in [0.25, 0.3) is 0 Å². The number of sulfonamides is 1. The van der Waals surface area contributed by atoms with Crippen molar-refractivity contribution in [1.82, 2.24) is 9.62 Å². The van der Waals surface area contributed by atoms with Crippen molar-refractivity contribution in [3.63, 3.8) is 0 Å². The molecule has 0 aliphatic heterocycles. The molecular weight excluding hydrogens is 292 g/mol. The van der Waals surface area contributed by atoms with E-state index in [4.69, 9.17) is 4.74 Å². The smallest absolute Gasteiger partial charge is 0.235 e. The number of nitrogens with zero attached hydrogens (tertiary/aromatic N) is 1. The van der Waals surface area contributed by atoms with Crippen LogP contribution < -0.4 is 5.32 Å². The number of rotatable bonds is 8.